The Morgan fingerprint density at radius 3 is 2.68 bits per heavy atom. The van der Waals surface area contributed by atoms with Gasteiger partial charge >= 0.3 is 5.97 Å². The van der Waals surface area contributed by atoms with Crippen LogP contribution in [-0.2, 0) is 20.7 Å². The Bertz CT molecular complexity index is 521. The number of aryl methyl sites for hydroxylation is 1. The molecule has 0 heterocycles. The average molecular weight is 303 g/mol. The molecule has 0 aliphatic heterocycles. The predicted octanol–water partition coefficient (Wildman–Crippen LogP) is 2.78. The molecule has 1 atom stereocenters. The second-order valence-electron chi connectivity index (χ2n) is 6.19. The molecule has 0 saturated heterocycles. The lowest BCUT2D eigenvalue weighted by Crippen LogP contribution is -2.43. The number of carbonyl (C=O) groups is 2. The quantitative estimate of drug-likeness (QED) is 0.822. The third-order valence-corrected chi connectivity index (χ3v) is 4.29. The fraction of sp³-hybridized carbons (Fsp3) is 0.556. The van der Waals surface area contributed by atoms with Crippen molar-refractivity contribution in [1.29, 1.82) is 0 Å². The van der Waals surface area contributed by atoms with Gasteiger partial charge in [-0.3, -0.25) is 4.79 Å². The van der Waals surface area contributed by atoms with Crippen LogP contribution in [0.2, 0.25) is 0 Å². The summed E-state index contributed by atoms with van der Waals surface area (Å²) < 4.78 is 4.83. The number of nitrogens with one attached hydrogen (secondary N) is 1. The zero-order valence-electron chi connectivity index (χ0n) is 13.4. The summed E-state index contributed by atoms with van der Waals surface area (Å²) in [6, 6.07) is 7.35. The van der Waals surface area contributed by atoms with Crippen molar-refractivity contribution in [2.24, 2.45) is 5.92 Å². The van der Waals surface area contributed by atoms with Gasteiger partial charge in [-0.2, -0.15) is 0 Å². The Kier molecular flexibility index (Phi) is 5.99. The zero-order valence-corrected chi connectivity index (χ0v) is 13.4. The summed E-state index contributed by atoms with van der Waals surface area (Å²) in [5.41, 5.74) is 2.16. The van der Waals surface area contributed by atoms with E-state index in [1.54, 1.807) is 0 Å². The molecule has 0 unspecified atom stereocenters. The fourth-order valence-electron chi connectivity index (χ4n) is 3.14. The maximum atomic E-state index is 12.2. The van der Waals surface area contributed by atoms with E-state index in [1.807, 2.05) is 31.2 Å². The van der Waals surface area contributed by atoms with Crippen LogP contribution in [0.5, 0.6) is 0 Å². The molecule has 4 nitrogen and oxygen atoms in total. The summed E-state index contributed by atoms with van der Waals surface area (Å²) in [5.74, 6) is 0.0356. The number of esters is 1. The van der Waals surface area contributed by atoms with E-state index in [4.69, 9.17) is 4.74 Å². The van der Waals surface area contributed by atoms with Gasteiger partial charge in [-0.25, -0.2) is 4.79 Å². The maximum Gasteiger partial charge on any atom is 0.328 e. The lowest BCUT2D eigenvalue weighted by atomic mass is 10.0. The lowest BCUT2D eigenvalue weighted by Gasteiger charge is -2.18. The minimum absolute atomic E-state index is 0.0463. The zero-order chi connectivity index (χ0) is 15.9. The number of amides is 1. The Morgan fingerprint density at radius 1 is 1.32 bits per heavy atom. The molecule has 1 saturated carbocycles. The van der Waals surface area contributed by atoms with Crippen LogP contribution in [0.15, 0.2) is 24.3 Å². The van der Waals surface area contributed by atoms with Crippen LogP contribution in [0.25, 0.3) is 0 Å². The number of methoxy groups -OCH3 is 1. The van der Waals surface area contributed by atoms with E-state index in [0.29, 0.717) is 18.8 Å². The summed E-state index contributed by atoms with van der Waals surface area (Å²) in [4.78, 5) is 24.1. The molecule has 4 heteroatoms. The number of rotatable bonds is 6. The van der Waals surface area contributed by atoms with E-state index in [2.05, 4.69) is 5.32 Å². The second kappa shape index (κ2) is 7.97. The average Bonchev–Trinajstić information content (AvgIpc) is 2.98. The number of hydrogen-bond acceptors (Lipinski definition) is 3. The summed E-state index contributed by atoms with van der Waals surface area (Å²) in [7, 11) is 1.36. The van der Waals surface area contributed by atoms with Crippen LogP contribution in [0, 0.1) is 12.8 Å². The molecule has 120 valence electrons. The number of benzene rings is 1. The molecule has 0 radical (unpaired) electrons. The van der Waals surface area contributed by atoms with Gasteiger partial charge in [0, 0.05) is 12.8 Å². The van der Waals surface area contributed by atoms with Gasteiger partial charge in [-0.1, -0.05) is 42.7 Å². The summed E-state index contributed by atoms with van der Waals surface area (Å²) in [6.07, 6.45) is 5.64. The number of ether oxygens (including phenoxy) is 1. The van der Waals surface area contributed by atoms with Crippen molar-refractivity contribution in [2.75, 3.05) is 7.11 Å². The normalized spacial score (nSPS) is 16.3. The van der Waals surface area contributed by atoms with E-state index in [0.717, 1.165) is 24.0 Å². The highest BCUT2D eigenvalue weighted by Crippen LogP contribution is 2.27. The molecule has 2 rings (SSSR count). The van der Waals surface area contributed by atoms with Crippen molar-refractivity contribution in [3.8, 4) is 0 Å². The van der Waals surface area contributed by atoms with Crippen molar-refractivity contribution in [3.63, 3.8) is 0 Å². The highest BCUT2D eigenvalue weighted by molar-refractivity contribution is 5.84. The third-order valence-electron chi connectivity index (χ3n) is 4.29. The third kappa shape index (κ3) is 4.86. The van der Waals surface area contributed by atoms with Gasteiger partial charge in [0.1, 0.15) is 6.04 Å². The Labute approximate surface area is 132 Å². The van der Waals surface area contributed by atoms with E-state index >= 15 is 0 Å². The van der Waals surface area contributed by atoms with Crippen molar-refractivity contribution >= 4 is 11.9 Å². The summed E-state index contributed by atoms with van der Waals surface area (Å²) >= 11 is 0. The van der Waals surface area contributed by atoms with Gasteiger partial charge in [0.15, 0.2) is 0 Å². The molecule has 1 aliphatic rings. The highest BCUT2D eigenvalue weighted by atomic mass is 16.5. The van der Waals surface area contributed by atoms with E-state index in [1.165, 1.54) is 20.0 Å². The molecule has 1 N–H and O–H groups in total. The maximum absolute atomic E-state index is 12.2. The van der Waals surface area contributed by atoms with E-state index < -0.39 is 6.04 Å². The van der Waals surface area contributed by atoms with E-state index in [9.17, 15) is 9.59 Å². The molecule has 1 fully saturated rings. The smallest absolute Gasteiger partial charge is 0.328 e. The molecular formula is C18H25NO3. The number of hydrogen-bond donors (Lipinski definition) is 1. The minimum atomic E-state index is -0.610. The Balaban J connectivity index is 1.96. The fourth-order valence-corrected chi connectivity index (χ4v) is 3.14. The molecule has 0 bridgehead atoms. The van der Waals surface area contributed by atoms with Gasteiger partial charge in [0.25, 0.3) is 0 Å². The molecule has 0 spiro atoms. The first-order chi connectivity index (χ1) is 10.6. The first kappa shape index (κ1) is 16.5. The first-order valence-corrected chi connectivity index (χ1v) is 8.01. The summed E-state index contributed by atoms with van der Waals surface area (Å²) in [6.45, 7) is 2.01. The van der Waals surface area contributed by atoms with Crippen LogP contribution in [0.1, 0.15) is 43.2 Å². The van der Waals surface area contributed by atoms with Crippen LogP contribution in [0.4, 0.5) is 0 Å². The Morgan fingerprint density at radius 2 is 2.05 bits per heavy atom. The molecule has 1 aromatic rings. The minimum Gasteiger partial charge on any atom is -0.467 e. The first-order valence-electron chi connectivity index (χ1n) is 8.01. The summed E-state index contributed by atoms with van der Waals surface area (Å²) in [5, 5.41) is 2.85. The van der Waals surface area contributed by atoms with Crippen molar-refractivity contribution in [3.05, 3.63) is 35.4 Å². The Hall–Kier alpha value is -1.84. The molecule has 0 aromatic heterocycles. The molecule has 22 heavy (non-hydrogen) atoms. The van der Waals surface area contributed by atoms with Gasteiger partial charge < -0.3 is 10.1 Å². The number of carbonyl (C=O) groups excluding carboxylic acids is 2. The van der Waals surface area contributed by atoms with Gasteiger partial charge in [-0.15, -0.1) is 0 Å². The van der Waals surface area contributed by atoms with E-state index in [-0.39, 0.29) is 11.9 Å². The van der Waals surface area contributed by atoms with Gasteiger partial charge in [-0.05, 0) is 31.2 Å². The second-order valence-corrected chi connectivity index (χ2v) is 6.19. The van der Waals surface area contributed by atoms with Crippen LogP contribution >= 0.6 is 0 Å². The standard InChI is InChI=1S/C18H25NO3/c1-13-6-5-9-15(10-13)11-16(18(21)22-2)19-17(20)12-14-7-3-4-8-14/h5-6,9-10,14,16H,3-4,7-8,11-12H2,1-2H3,(H,19,20)/t16-/m0/s1. The largest absolute Gasteiger partial charge is 0.467 e. The highest BCUT2D eigenvalue weighted by Gasteiger charge is 2.24. The van der Waals surface area contributed by atoms with Gasteiger partial charge in [0.05, 0.1) is 7.11 Å². The molecule has 1 aliphatic carbocycles. The predicted molar refractivity (Wildman–Crippen MR) is 85.4 cm³/mol. The van der Waals surface area contributed by atoms with Crippen LogP contribution in [0.3, 0.4) is 0 Å². The topological polar surface area (TPSA) is 55.4 Å². The lowest BCUT2D eigenvalue weighted by molar-refractivity contribution is -0.145. The molecule has 1 amide bonds. The van der Waals surface area contributed by atoms with Crippen LogP contribution < -0.4 is 5.32 Å². The van der Waals surface area contributed by atoms with Crippen molar-refractivity contribution in [1.82, 2.24) is 5.32 Å². The van der Waals surface area contributed by atoms with Crippen LogP contribution in [-0.4, -0.2) is 25.0 Å². The van der Waals surface area contributed by atoms with Crippen molar-refractivity contribution in [2.45, 2.75) is 51.5 Å². The molecule has 1 aromatic carbocycles. The van der Waals surface area contributed by atoms with Crippen molar-refractivity contribution < 1.29 is 14.3 Å². The monoisotopic (exact) mass is 303 g/mol. The SMILES string of the molecule is COC(=O)[C@H](Cc1cccc(C)c1)NC(=O)CC1CCCC1. The molecular weight excluding hydrogens is 278 g/mol. The van der Waals surface area contributed by atoms with Gasteiger partial charge in [0.2, 0.25) is 5.91 Å².